The minimum Gasteiger partial charge on any atom is -0.454 e. The average Bonchev–Trinajstić information content (AvgIpc) is 3.06. The summed E-state index contributed by atoms with van der Waals surface area (Å²) in [4.78, 5) is 23.5. The molecule has 0 saturated heterocycles. The normalized spacial score (nSPS) is 12.1. The molecular weight excluding hydrogens is 345 g/mol. The fourth-order valence-electron chi connectivity index (χ4n) is 2.28. The number of halogens is 1. The van der Waals surface area contributed by atoms with Crippen LogP contribution < -0.4 is 14.8 Å². The predicted octanol–water partition coefficient (Wildman–Crippen LogP) is 3.17. The van der Waals surface area contributed by atoms with Gasteiger partial charge in [0.2, 0.25) is 12.7 Å². The molecule has 0 fully saturated rings. The van der Waals surface area contributed by atoms with Gasteiger partial charge in [0.05, 0.1) is 5.75 Å². The lowest BCUT2D eigenvalue weighted by Crippen LogP contribution is -2.24. The zero-order chi connectivity index (χ0) is 17.8. The van der Waals surface area contributed by atoms with Gasteiger partial charge in [0.25, 0.3) is 0 Å². The summed E-state index contributed by atoms with van der Waals surface area (Å²) in [5.41, 5.74) is 1.20. The number of rotatable bonds is 6. The monoisotopic (exact) mass is 361 g/mol. The van der Waals surface area contributed by atoms with Gasteiger partial charge in [-0.3, -0.25) is 9.59 Å². The Kier molecular flexibility index (Phi) is 5.23. The number of hydrogen-bond donors (Lipinski definition) is 1. The van der Waals surface area contributed by atoms with Crippen molar-refractivity contribution in [2.24, 2.45) is 0 Å². The molecule has 2 aromatic rings. The summed E-state index contributed by atoms with van der Waals surface area (Å²) < 4.78 is 24.4. The summed E-state index contributed by atoms with van der Waals surface area (Å²) in [5.74, 6) is 0.528. The van der Waals surface area contributed by atoms with Gasteiger partial charge in [0.1, 0.15) is 5.82 Å². The van der Waals surface area contributed by atoms with Crippen LogP contribution in [0.4, 0.5) is 4.39 Å². The second-order valence-electron chi connectivity index (χ2n) is 5.45. The first-order chi connectivity index (χ1) is 12.0. The summed E-state index contributed by atoms with van der Waals surface area (Å²) in [6, 6.07) is 9.72. The van der Waals surface area contributed by atoms with E-state index >= 15 is 0 Å². The Balaban J connectivity index is 1.50. The maximum Gasteiger partial charge on any atom is 0.231 e. The SMILES string of the molecule is CC(=O)c1ccc(SCC(=O)NCc2ccc3c(c2)OCO3)c(F)c1. The van der Waals surface area contributed by atoms with E-state index < -0.39 is 5.82 Å². The average molecular weight is 361 g/mol. The van der Waals surface area contributed by atoms with Crippen LogP contribution in [0.5, 0.6) is 11.5 Å². The van der Waals surface area contributed by atoms with Gasteiger partial charge >= 0.3 is 0 Å². The number of carbonyl (C=O) groups excluding carboxylic acids is 2. The number of hydrogen-bond acceptors (Lipinski definition) is 5. The third kappa shape index (κ3) is 4.30. The number of benzene rings is 2. The van der Waals surface area contributed by atoms with Crippen LogP contribution >= 0.6 is 11.8 Å². The number of carbonyl (C=O) groups is 2. The molecule has 0 unspecified atom stereocenters. The zero-order valence-electron chi connectivity index (χ0n) is 13.5. The van der Waals surface area contributed by atoms with E-state index in [1.54, 1.807) is 12.1 Å². The van der Waals surface area contributed by atoms with Gasteiger partial charge in [-0.15, -0.1) is 11.8 Å². The van der Waals surface area contributed by atoms with Crippen molar-refractivity contribution < 1.29 is 23.5 Å². The van der Waals surface area contributed by atoms with Crippen molar-refractivity contribution >= 4 is 23.5 Å². The van der Waals surface area contributed by atoms with Crippen molar-refractivity contribution in [3.63, 3.8) is 0 Å². The standard InChI is InChI=1S/C18H16FNO4S/c1-11(21)13-3-5-17(14(19)7-13)25-9-18(22)20-8-12-2-4-15-16(6-12)24-10-23-15/h2-7H,8-10H2,1H3,(H,20,22). The highest BCUT2D eigenvalue weighted by Gasteiger charge is 2.14. The fourth-order valence-corrected chi connectivity index (χ4v) is 3.03. The van der Waals surface area contributed by atoms with E-state index in [0.717, 1.165) is 17.3 Å². The molecule has 0 radical (unpaired) electrons. The van der Waals surface area contributed by atoms with Gasteiger partial charge in [0, 0.05) is 17.0 Å². The molecule has 1 aliphatic rings. The molecule has 25 heavy (non-hydrogen) atoms. The number of fused-ring (bicyclic) bond motifs is 1. The smallest absolute Gasteiger partial charge is 0.231 e. The van der Waals surface area contributed by atoms with Crippen molar-refractivity contribution in [2.75, 3.05) is 12.5 Å². The highest BCUT2D eigenvalue weighted by molar-refractivity contribution is 8.00. The molecule has 7 heteroatoms. The Morgan fingerprint density at radius 1 is 1.16 bits per heavy atom. The van der Waals surface area contributed by atoms with Crippen molar-refractivity contribution in [2.45, 2.75) is 18.4 Å². The molecule has 0 saturated carbocycles. The van der Waals surface area contributed by atoms with Crippen LogP contribution in [-0.2, 0) is 11.3 Å². The zero-order valence-corrected chi connectivity index (χ0v) is 14.3. The molecule has 1 N–H and O–H groups in total. The highest BCUT2D eigenvalue weighted by Crippen LogP contribution is 2.32. The van der Waals surface area contributed by atoms with Crippen LogP contribution in [0.25, 0.3) is 0 Å². The molecule has 130 valence electrons. The summed E-state index contributed by atoms with van der Waals surface area (Å²) >= 11 is 1.09. The van der Waals surface area contributed by atoms with E-state index in [1.807, 2.05) is 12.1 Å². The maximum atomic E-state index is 13.9. The largest absolute Gasteiger partial charge is 0.454 e. The molecule has 0 aliphatic carbocycles. The topological polar surface area (TPSA) is 64.6 Å². The van der Waals surface area contributed by atoms with Crippen LogP contribution in [0, 0.1) is 5.82 Å². The molecule has 1 aliphatic heterocycles. The van der Waals surface area contributed by atoms with Gasteiger partial charge in [-0.25, -0.2) is 4.39 Å². The van der Waals surface area contributed by atoms with E-state index in [4.69, 9.17) is 9.47 Å². The maximum absolute atomic E-state index is 13.9. The van der Waals surface area contributed by atoms with Crippen LogP contribution in [-0.4, -0.2) is 24.2 Å². The van der Waals surface area contributed by atoms with Crippen LogP contribution in [0.3, 0.4) is 0 Å². The minimum absolute atomic E-state index is 0.0842. The second-order valence-corrected chi connectivity index (χ2v) is 6.47. The lowest BCUT2D eigenvalue weighted by Gasteiger charge is -2.07. The Morgan fingerprint density at radius 3 is 2.72 bits per heavy atom. The number of ketones is 1. The van der Waals surface area contributed by atoms with Crippen LogP contribution in [0.2, 0.25) is 0 Å². The van der Waals surface area contributed by atoms with Gasteiger partial charge in [0.15, 0.2) is 17.3 Å². The first kappa shape index (κ1) is 17.3. The van der Waals surface area contributed by atoms with Crippen molar-refractivity contribution in [1.29, 1.82) is 0 Å². The Bertz CT molecular complexity index is 825. The molecule has 3 rings (SSSR count). The third-order valence-electron chi connectivity index (χ3n) is 3.62. The van der Waals surface area contributed by atoms with E-state index in [0.29, 0.717) is 28.5 Å². The van der Waals surface area contributed by atoms with Crippen LogP contribution in [0.1, 0.15) is 22.8 Å². The quantitative estimate of drug-likeness (QED) is 0.632. The van der Waals surface area contributed by atoms with Crippen molar-refractivity contribution in [3.8, 4) is 11.5 Å². The summed E-state index contributed by atoms with van der Waals surface area (Å²) in [5, 5.41) is 2.78. The molecule has 5 nitrogen and oxygen atoms in total. The first-order valence-electron chi connectivity index (χ1n) is 7.61. The molecule has 1 heterocycles. The Hall–Kier alpha value is -2.54. The highest BCUT2D eigenvalue weighted by atomic mass is 32.2. The summed E-state index contributed by atoms with van der Waals surface area (Å²) in [6.07, 6.45) is 0. The summed E-state index contributed by atoms with van der Waals surface area (Å²) in [6.45, 7) is 1.93. The molecule has 0 spiro atoms. The van der Waals surface area contributed by atoms with E-state index in [9.17, 15) is 14.0 Å². The van der Waals surface area contributed by atoms with Gasteiger partial charge in [-0.1, -0.05) is 12.1 Å². The first-order valence-corrected chi connectivity index (χ1v) is 8.60. The van der Waals surface area contributed by atoms with Crippen molar-refractivity contribution in [3.05, 3.63) is 53.3 Å². The lowest BCUT2D eigenvalue weighted by atomic mass is 10.1. The Morgan fingerprint density at radius 2 is 1.96 bits per heavy atom. The molecule has 0 atom stereocenters. The van der Waals surface area contributed by atoms with E-state index in [1.165, 1.54) is 19.1 Å². The third-order valence-corrected chi connectivity index (χ3v) is 4.67. The molecule has 0 bridgehead atoms. The molecule has 0 aromatic heterocycles. The number of thioether (sulfide) groups is 1. The van der Waals surface area contributed by atoms with Gasteiger partial charge < -0.3 is 14.8 Å². The second kappa shape index (κ2) is 7.57. The number of amides is 1. The number of Topliss-reactive ketones (excluding diaryl/α,β-unsaturated/α-hetero) is 1. The van der Waals surface area contributed by atoms with Gasteiger partial charge in [-0.2, -0.15) is 0 Å². The van der Waals surface area contributed by atoms with Gasteiger partial charge in [-0.05, 0) is 36.8 Å². The summed E-state index contributed by atoms with van der Waals surface area (Å²) in [7, 11) is 0. The minimum atomic E-state index is -0.499. The molecule has 1 amide bonds. The Labute approximate surface area is 148 Å². The number of nitrogens with one attached hydrogen (secondary N) is 1. The predicted molar refractivity (Wildman–Crippen MR) is 91.5 cm³/mol. The fraction of sp³-hybridized carbons (Fsp3) is 0.222. The van der Waals surface area contributed by atoms with E-state index in [2.05, 4.69) is 5.32 Å². The number of ether oxygens (including phenoxy) is 2. The van der Waals surface area contributed by atoms with Crippen LogP contribution in [0.15, 0.2) is 41.3 Å². The van der Waals surface area contributed by atoms with E-state index in [-0.39, 0.29) is 24.2 Å². The molecular formula is C18H16FNO4S. The van der Waals surface area contributed by atoms with Crippen molar-refractivity contribution in [1.82, 2.24) is 5.32 Å². The molecule has 2 aromatic carbocycles. The lowest BCUT2D eigenvalue weighted by molar-refractivity contribution is -0.118.